The van der Waals surface area contributed by atoms with Crippen molar-refractivity contribution >= 4 is 33.2 Å². The summed E-state index contributed by atoms with van der Waals surface area (Å²) in [6.45, 7) is 1.02. The molecule has 1 aromatic heterocycles. The third kappa shape index (κ3) is 4.89. The van der Waals surface area contributed by atoms with E-state index in [0.717, 1.165) is 6.07 Å². The Labute approximate surface area is 172 Å². The lowest BCUT2D eigenvalue weighted by Crippen LogP contribution is -2.41. The van der Waals surface area contributed by atoms with E-state index in [1.54, 1.807) is 6.07 Å². The van der Waals surface area contributed by atoms with Gasteiger partial charge in [0.25, 0.3) is 11.6 Å². The number of nitro groups is 1. The number of carbonyl (C=O) groups excluding carboxylic acids is 1. The normalized spacial score (nSPS) is 15.8. The van der Waals surface area contributed by atoms with Gasteiger partial charge in [-0.3, -0.25) is 19.9 Å². The summed E-state index contributed by atoms with van der Waals surface area (Å²) in [5.74, 6) is -0.402. The Morgan fingerprint density at radius 2 is 2.03 bits per heavy atom. The van der Waals surface area contributed by atoms with Crippen LogP contribution in [0.4, 0.5) is 5.69 Å². The molecule has 1 saturated heterocycles. The molecule has 0 radical (unpaired) electrons. The summed E-state index contributed by atoms with van der Waals surface area (Å²) in [6.07, 6.45) is 4.01. The Hall–Kier alpha value is -2.56. The molecule has 154 valence electrons. The van der Waals surface area contributed by atoms with E-state index in [4.69, 9.17) is 11.6 Å². The lowest BCUT2D eigenvalue weighted by molar-refractivity contribution is -0.384. The molecule has 1 aliphatic rings. The smallest absolute Gasteiger partial charge is 0.270 e. The maximum absolute atomic E-state index is 12.6. The van der Waals surface area contributed by atoms with Crippen LogP contribution < -0.4 is 5.32 Å². The van der Waals surface area contributed by atoms with Crippen molar-refractivity contribution in [1.82, 2.24) is 14.6 Å². The molecule has 0 aliphatic carbocycles. The number of nitrogens with one attached hydrogen (secondary N) is 1. The second-order valence-electron chi connectivity index (χ2n) is 6.67. The van der Waals surface area contributed by atoms with Gasteiger partial charge in [-0.1, -0.05) is 11.6 Å². The van der Waals surface area contributed by atoms with E-state index >= 15 is 0 Å². The average molecular weight is 439 g/mol. The number of carbonyl (C=O) groups is 1. The Bertz CT molecular complexity index is 1010. The zero-order valence-corrected chi connectivity index (χ0v) is 16.9. The number of piperidine rings is 1. The topological polar surface area (TPSA) is 123 Å². The third-order valence-electron chi connectivity index (χ3n) is 4.80. The standard InChI is InChI=1S/C18H19ClN4O5S/c19-17-4-3-14(23(25)26)10-16(17)18(24)21-11-13-5-8-22(9-6-13)29(27,28)15-2-1-7-20-12-15/h1-4,7,10,12-13H,5-6,8-9,11H2,(H,21,24). The van der Waals surface area contributed by atoms with E-state index in [9.17, 15) is 23.3 Å². The number of aromatic nitrogens is 1. The first-order valence-electron chi connectivity index (χ1n) is 8.91. The summed E-state index contributed by atoms with van der Waals surface area (Å²) in [7, 11) is -3.58. The number of nitrogens with zero attached hydrogens (tertiary/aromatic N) is 3. The number of hydrogen-bond donors (Lipinski definition) is 1. The number of rotatable bonds is 6. The van der Waals surface area contributed by atoms with Gasteiger partial charge in [-0.2, -0.15) is 4.31 Å². The number of hydrogen-bond acceptors (Lipinski definition) is 6. The maximum atomic E-state index is 12.6. The van der Waals surface area contributed by atoms with Crippen molar-refractivity contribution in [2.24, 2.45) is 5.92 Å². The van der Waals surface area contributed by atoms with Crippen LogP contribution in [0, 0.1) is 16.0 Å². The fraction of sp³-hybridized carbons (Fsp3) is 0.333. The number of halogens is 1. The lowest BCUT2D eigenvalue weighted by atomic mass is 9.98. The van der Waals surface area contributed by atoms with Crippen molar-refractivity contribution in [2.45, 2.75) is 17.7 Å². The number of pyridine rings is 1. The van der Waals surface area contributed by atoms with Crippen molar-refractivity contribution in [3.8, 4) is 0 Å². The first kappa shape index (κ1) is 21.2. The van der Waals surface area contributed by atoms with E-state index < -0.39 is 20.9 Å². The van der Waals surface area contributed by atoms with Crippen molar-refractivity contribution in [2.75, 3.05) is 19.6 Å². The Morgan fingerprint density at radius 3 is 2.66 bits per heavy atom. The molecule has 0 saturated carbocycles. The molecule has 2 aromatic rings. The Morgan fingerprint density at radius 1 is 1.31 bits per heavy atom. The van der Waals surface area contributed by atoms with Gasteiger partial charge in [0.05, 0.1) is 15.5 Å². The number of sulfonamides is 1. The van der Waals surface area contributed by atoms with Crippen LogP contribution >= 0.6 is 11.6 Å². The fourth-order valence-electron chi connectivity index (χ4n) is 3.14. The predicted molar refractivity (Wildman–Crippen MR) is 106 cm³/mol. The Kier molecular flexibility index (Phi) is 6.46. The average Bonchev–Trinajstić information content (AvgIpc) is 2.73. The minimum absolute atomic E-state index is 0.0393. The molecule has 29 heavy (non-hydrogen) atoms. The van der Waals surface area contributed by atoms with Crippen LogP contribution in [0.25, 0.3) is 0 Å². The van der Waals surface area contributed by atoms with E-state index in [1.165, 1.54) is 34.9 Å². The van der Waals surface area contributed by atoms with Crippen molar-refractivity contribution in [3.05, 3.63) is 63.4 Å². The van der Waals surface area contributed by atoms with Gasteiger partial charge < -0.3 is 5.32 Å². The maximum Gasteiger partial charge on any atom is 0.270 e. The van der Waals surface area contributed by atoms with Gasteiger partial charge in [-0.05, 0) is 37.0 Å². The summed E-state index contributed by atoms with van der Waals surface area (Å²) in [4.78, 5) is 26.7. The van der Waals surface area contributed by atoms with Gasteiger partial charge in [0.15, 0.2) is 0 Å². The second-order valence-corrected chi connectivity index (χ2v) is 9.01. The first-order valence-corrected chi connectivity index (χ1v) is 10.7. The van der Waals surface area contributed by atoms with Crippen LogP contribution in [0.5, 0.6) is 0 Å². The van der Waals surface area contributed by atoms with Crippen LogP contribution in [0.3, 0.4) is 0 Å². The molecular formula is C18H19ClN4O5S. The summed E-state index contributed by atoms with van der Waals surface area (Å²) in [6, 6.07) is 6.78. The summed E-state index contributed by atoms with van der Waals surface area (Å²) in [5.41, 5.74) is -0.175. The van der Waals surface area contributed by atoms with Gasteiger partial charge in [0, 0.05) is 44.2 Å². The zero-order chi connectivity index (χ0) is 21.0. The molecule has 0 atom stereocenters. The van der Waals surface area contributed by atoms with Crippen LogP contribution in [-0.4, -0.2) is 48.2 Å². The number of amides is 1. The zero-order valence-electron chi connectivity index (χ0n) is 15.3. The van der Waals surface area contributed by atoms with Gasteiger partial charge >= 0.3 is 0 Å². The molecule has 1 amide bonds. The van der Waals surface area contributed by atoms with E-state index in [1.807, 2.05) is 0 Å². The molecule has 1 fully saturated rings. The third-order valence-corrected chi connectivity index (χ3v) is 7.01. The fourth-order valence-corrected chi connectivity index (χ4v) is 4.77. The molecule has 9 nitrogen and oxygen atoms in total. The highest BCUT2D eigenvalue weighted by molar-refractivity contribution is 7.89. The minimum Gasteiger partial charge on any atom is -0.352 e. The molecule has 1 aromatic carbocycles. The highest BCUT2D eigenvalue weighted by atomic mass is 35.5. The molecule has 2 heterocycles. The molecule has 0 unspecified atom stereocenters. The van der Waals surface area contributed by atoms with E-state index in [2.05, 4.69) is 10.3 Å². The Balaban J connectivity index is 1.56. The van der Waals surface area contributed by atoms with Gasteiger partial charge in [0.2, 0.25) is 10.0 Å². The van der Waals surface area contributed by atoms with Crippen molar-refractivity contribution in [3.63, 3.8) is 0 Å². The molecule has 1 aliphatic heterocycles. The predicted octanol–water partition coefficient (Wildman–Crippen LogP) is 2.47. The largest absolute Gasteiger partial charge is 0.352 e. The van der Waals surface area contributed by atoms with Gasteiger partial charge in [-0.25, -0.2) is 8.42 Å². The van der Waals surface area contributed by atoms with Gasteiger partial charge in [0.1, 0.15) is 4.90 Å². The second kappa shape index (κ2) is 8.85. The molecule has 3 rings (SSSR count). The molecule has 1 N–H and O–H groups in total. The summed E-state index contributed by atoms with van der Waals surface area (Å²) < 4.78 is 26.6. The molecule has 0 bridgehead atoms. The van der Waals surface area contributed by atoms with Crippen LogP contribution in [0.2, 0.25) is 5.02 Å². The summed E-state index contributed by atoms with van der Waals surface area (Å²) >= 11 is 5.98. The monoisotopic (exact) mass is 438 g/mol. The molecule has 0 spiro atoms. The quantitative estimate of drug-likeness (QED) is 0.546. The SMILES string of the molecule is O=C(NCC1CCN(S(=O)(=O)c2cccnc2)CC1)c1cc([N+](=O)[O-])ccc1Cl. The molecular weight excluding hydrogens is 420 g/mol. The molecule has 11 heteroatoms. The highest BCUT2D eigenvalue weighted by Gasteiger charge is 2.29. The van der Waals surface area contributed by atoms with E-state index in [0.29, 0.717) is 32.5 Å². The van der Waals surface area contributed by atoms with E-state index in [-0.39, 0.29) is 27.1 Å². The van der Waals surface area contributed by atoms with Crippen molar-refractivity contribution in [1.29, 1.82) is 0 Å². The summed E-state index contributed by atoms with van der Waals surface area (Å²) in [5, 5.41) is 13.7. The number of non-ortho nitro benzene ring substituents is 1. The van der Waals surface area contributed by atoms with Gasteiger partial charge in [-0.15, -0.1) is 0 Å². The number of benzene rings is 1. The van der Waals surface area contributed by atoms with Crippen LogP contribution in [0.15, 0.2) is 47.6 Å². The number of nitro benzene ring substituents is 1. The lowest BCUT2D eigenvalue weighted by Gasteiger charge is -2.31. The van der Waals surface area contributed by atoms with Crippen LogP contribution in [-0.2, 0) is 10.0 Å². The minimum atomic E-state index is -3.58. The van der Waals surface area contributed by atoms with Crippen LogP contribution in [0.1, 0.15) is 23.2 Å². The highest BCUT2D eigenvalue weighted by Crippen LogP contribution is 2.24. The first-order chi connectivity index (χ1) is 13.8. The van der Waals surface area contributed by atoms with Crippen molar-refractivity contribution < 1.29 is 18.1 Å².